The lowest BCUT2D eigenvalue weighted by Gasteiger charge is -2.25. The van der Waals surface area contributed by atoms with Crippen molar-refractivity contribution in [3.05, 3.63) is 12.7 Å². The van der Waals surface area contributed by atoms with Crippen LogP contribution in [0.2, 0.25) is 0 Å². The van der Waals surface area contributed by atoms with Gasteiger partial charge in [-0.15, -0.1) is 0 Å². The van der Waals surface area contributed by atoms with Crippen molar-refractivity contribution in [3.8, 4) is 0 Å². The van der Waals surface area contributed by atoms with Crippen LogP contribution >= 0.6 is 11.8 Å². The first-order valence-electron chi connectivity index (χ1n) is 9.49. The van der Waals surface area contributed by atoms with Gasteiger partial charge in [-0.05, 0) is 41.5 Å². The van der Waals surface area contributed by atoms with Crippen LogP contribution in [0.15, 0.2) is 17.7 Å². The van der Waals surface area contributed by atoms with Crippen LogP contribution in [0, 0.1) is 0 Å². The van der Waals surface area contributed by atoms with E-state index >= 15 is 0 Å². The molecule has 2 rings (SSSR count). The molecule has 0 saturated carbocycles. The van der Waals surface area contributed by atoms with Gasteiger partial charge in [0.05, 0.1) is 12.7 Å². The van der Waals surface area contributed by atoms with E-state index in [9.17, 15) is 14.4 Å². The van der Waals surface area contributed by atoms with Gasteiger partial charge in [-0.1, -0.05) is 11.8 Å². The smallest absolute Gasteiger partial charge is 0.408 e. The quantitative estimate of drug-likeness (QED) is 0.211. The summed E-state index contributed by atoms with van der Waals surface area (Å²) in [7, 11) is 0. The van der Waals surface area contributed by atoms with Gasteiger partial charge in [-0.2, -0.15) is 0 Å². The zero-order valence-electron chi connectivity index (χ0n) is 18.3. The number of ether oxygens (including phenoxy) is 3. The maximum absolute atomic E-state index is 12.5. The van der Waals surface area contributed by atoms with Crippen LogP contribution in [0.25, 0.3) is 11.2 Å². The number of H-pyrrole nitrogens is 1. The number of aromatic amines is 1. The van der Waals surface area contributed by atoms with Crippen LogP contribution in [0.5, 0.6) is 0 Å². The average molecular weight is 454 g/mol. The zero-order valence-corrected chi connectivity index (χ0v) is 19.2. The third kappa shape index (κ3) is 8.40. The molecule has 0 radical (unpaired) electrons. The number of alkyl carbamates (subject to hydrolysis) is 1. The highest BCUT2D eigenvalue weighted by Gasteiger charge is 2.31. The Morgan fingerprint density at radius 2 is 1.74 bits per heavy atom. The molecule has 0 aliphatic rings. The lowest BCUT2D eigenvalue weighted by atomic mass is 10.1. The first-order valence-corrected chi connectivity index (χ1v) is 10.5. The summed E-state index contributed by atoms with van der Waals surface area (Å²) in [6.07, 6.45) is 1.59. The van der Waals surface area contributed by atoms with Crippen molar-refractivity contribution in [2.75, 3.05) is 5.94 Å². The summed E-state index contributed by atoms with van der Waals surface area (Å²) in [6.45, 7) is 10.1. The number of carbonyl (C=O) groups excluding carboxylic acids is 3. The molecule has 2 heterocycles. The molecule has 11 nitrogen and oxygen atoms in total. The van der Waals surface area contributed by atoms with Crippen molar-refractivity contribution in [2.45, 2.75) is 70.2 Å². The number of imidazole rings is 1. The normalized spacial score (nSPS) is 12.8. The van der Waals surface area contributed by atoms with Gasteiger partial charge in [0.15, 0.2) is 5.65 Å². The van der Waals surface area contributed by atoms with Crippen LogP contribution in [-0.2, 0) is 23.8 Å². The molecule has 2 N–H and O–H groups in total. The van der Waals surface area contributed by atoms with Gasteiger partial charge in [0, 0.05) is 0 Å². The predicted octanol–water partition coefficient (Wildman–Crippen LogP) is 2.57. The summed E-state index contributed by atoms with van der Waals surface area (Å²) in [5.74, 6) is -1.52. The van der Waals surface area contributed by atoms with Crippen LogP contribution in [-0.4, -0.2) is 61.2 Å². The Kier molecular flexibility index (Phi) is 7.82. The summed E-state index contributed by atoms with van der Waals surface area (Å²) in [4.78, 5) is 52.0. The number of thioether (sulfide) groups is 1. The minimum Gasteiger partial charge on any atom is -0.458 e. The molecule has 0 aromatic carbocycles. The number of esters is 2. The van der Waals surface area contributed by atoms with Gasteiger partial charge in [0.1, 0.15) is 40.1 Å². The molecule has 0 fully saturated rings. The minimum absolute atomic E-state index is 0.0581. The predicted molar refractivity (Wildman–Crippen MR) is 112 cm³/mol. The minimum atomic E-state index is -1.26. The monoisotopic (exact) mass is 453 g/mol. The largest absolute Gasteiger partial charge is 0.458 e. The lowest BCUT2D eigenvalue weighted by molar-refractivity contribution is -0.160. The van der Waals surface area contributed by atoms with Crippen molar-refractivity contribution < 1.29 is 28.6 Å². The fourth-order valence-corrected chi connectivity index (χ4v) is 2.96. The van der Waals surface area contributed by atoms with Gasteiger partial charge < -0.3 is 24.5 Å². The van der Waals surface area contributed by atoms with Crippen LogP contribution in [0.1, 0.15) is 48.0 Å². The number of nitrogens with one attached hydrogen (secondary N) is 2. The van der Waals surface area contributed by atoms with Gasteiger partial charge in [0.2, 0.25) is 0 Å². The van der Waals surface area contributed by atoms with E-state index < -0.39 is 41.7 Å². The van der Waals surface area contributed by atoms with Crippen molar-refractivity contribution in [1.29, 1.82) is 0 Å². The van der Waals surface area contributed by atoms with Crippen molar-refractivity contribution in [3.63, 3.8) is 0 Å². The average Bonchev–Trinajstić information content (AvgIpc) is 3.07. The maximum Gasteiger partial charge on any atom is 0.408 e. The van der Waals surface area contributed by atoms with E-state index in [0.29, 0.717) is 16.2 Å². The number of nitrogens with zero attached hydrogens (tertiary/aromatic N) is 3. The number of amides is 1. The van der Waals surface area contributed by atoms with Gasteiger partial charge in [-0.3, -0.25) is 4.79 Å². The number of rotatable bonds is 7. The second kappa shape index (κ2) is 9.94. The van der Waals surface area contributed by atoms with E-state index in [1.165, 1.54) is 12.7 Å². The summed E-state index contributed by atoms with van der Waals surface area (Å²) in [6, 6.07) is -1.26. The molecule has 2 aromatic heterocycles. The number of aromatic nitrogens is 4. The number of fused-ring (bicyclic) bond motifs is 1. The van der Waals surface area contributed by atoms with E-state index in [1.54, 1.807) is 41.5 Å². The van der Waals surface area contributed by atoms with Crippen molar-refractivity contribution in [2.24, 2.45) is 0 Å². The summed E-state index contributed by atoms with van der Waals surface area (Å²) >= 11 is 1.16. The Hall–Kier alpha value is -2.89. The number of hydrogen-bond acceptors (Lipinski definition) is 10. The third-order valence-corrected chi connectivity index (χ3v) is 4.18. The van der Waals surface area contributed by atoms with Crippen molar-refractivity contribution in [1.82, 2.24) is 25.3 Å². The summed E-state index contributed by atoms with van der Waals surface area (Å²) in [5, 5.41) is 2.94. The summed E-state index contributed by atoms with van der Waals surface area (Å²) < 4.78 is 15.7. The van der Waals surface area contributed by atoms with Crippen LogP contribution in [0.4, 0.5) is 4.79 Å². The first kappa shape index (κ1) is 24.4. The Balaban J connectivity index is 1.96. The maximum atomic E-state index is 12.5. The van der Waals surface area contributed by atoms with Crippen LogP contribution < -0.4 is 5.32 Å². The molecule has 0 unspecified atom stereocenters. The second-order valence-electron chi connectivity index (χ2n) is 8.49. The Labute approximate surface area is 184 Å². The highest BCUT2D eigenvalue weighted by Crippen LogP contribution is 2.22. The van der Waals surface area contributed by atoms with E-state index in [2.05, 4.69) is 25.3 Å². The lowest BCUT2D eigenvalue weighted by Crippen LogP contribution is -2.47. The molecule has 0 aliphatic heterocycles. The summed E-state index contributed by atoms with van der Waals surface area (Å²) in [5.41, 5.74) is -0.445. The molecule has 1 atom stereocenters. The van der Waals surface area contributed by atoms with E-state index in [1.807, 2.05) is 0 Å². The van der Waals surface area contributed by atoms with E-state index in [0.717, 1.165) is 11.8 Å². The molecule has 2 aromatic rings. The molecule has 12 heteroatoms. The van der Waals surface area contributed by atoms with E-state index in [-0.39, 0.29) is 5.94 Å². The Bertz CT molecular complexity index is 934. The van der Waals surface area contributed by atoms with Gasteiger partial charge in [-0.25, -0.2) is 24.5 Å². The topological polar surface area (TPSA) is 145 Å². The molecule has 0 spiro atoms. The van der Waals surface area contributed by atoms with Gasteiger partial charge >= 0.3 is 18.0 Å². The van der Waals surface area contributed by atoms with E-state index in [4.69, 9.17) is 14.2 Å². The molecule has 170 valence electrons. The standard InChI is InChI=1S/C19H27N5O6S/c1-18(2,3)29-16(26)11(24-17(27)30-19(4,5)6)7-12(25)28-10-31-15-13-14(21-8-20-13)22-9-23-15/h8-9,11H,7,10H2,1-6H3,(H,24,27)(H,20,21,22,23)/t11-/m0/s1. The van der Waals surface area contributed by atoms with Crippen molar-refractivity contribution >= 4 is 41.0 Å². The van der Waals surface area contributed by atoms with Gasteiger partial charge in [0.25, 0.3) is 0 Å². The highest BCUT2D eigenvalue weighted by molar-refractivity contribution is 7.99. The molecule has 0 aliphatic carbocycles. The fraction of sp³-hybridized carbons (Fsp3) is 0.579. The molecule has 0 bridgehead atoms. The molecular weight excluding hydrogens is 426 g/mol. The highest BCUT2D eigenvalue weighted by atomic mass is 32.2. The molecule has 0 saturated heterocycles. The third-order valence-electron chi connectivity index (χ3n) is 3.36. The molecule has 31 heavy (non-hydrogen) atoms. The number of hydrogen-bond donors (Lipinski definition) is 2. The molecule has 1 amide bonds. The second-order valence-corrected chi connectivity index (χ2v) is 9.41. The number of carbonyl (C=O) groups is 3. The zero-order chi connectivity index (χ0) is 23.2. The van der Waals surface area contributed by atoms with Crippen LogP contribution in [0.3, 0.4) is 0 Å². The Morgan fingerprint density at radius 1 is 1.06 bits per heavy atom. The molecular formula is C19H27N5O6S. The fourth-order valence-electron chi connectivity index (χ4n) is 2.24. The first-order chi connectivity index (χ1) is 14.3. The Morgan fingerprint density at radius 3 is 2.39 bits per heavy atom. The SMILES string of the molecule is CC(C)(C)OC(=O)N[C@@H](CC(=O)OCSc1ncnc2nc[nH]c12)C(=O)OC(C)(C)C.